The molecule has 2 N–H and O–H groups in total. The van der Waals surface area contributed by atoms with Crippen LogP contribution in [-0.4, -0.2) is 42.6 Å². The van der Waals surface area contributed by atoms with Crippen LogP contribution in [-0.2, 0) is 9.53 Å². The fourth-order valence-corrected chi connectivity index (χ4v) is 1.37. The molecule has 0 aliphatic rings. The predicted molar refractivity (Wildman–Crippen MR) is 66.2 cm³/mol. The lowest BCUT2D eigenvalue weighted by molar-refractivity contribution is -0.132. The Morgan fingerprint density at radius 2 is 2.00 bits per heavy atom. The van der Waals surface area contributed by atoms with Gasteiger partial charge in [-0.3, -0.25) is 4.79 Å². The Kier molecular flexibility index (Phi) is 7.34. The van der Waals surface area contributed by atoms with Gasteiger partial charge in [-0.25, -0.2) is 0 Å². The number of carbonyl (C=O) groups excluding carboxylic acids is 1. The molecule has 0 aromatic heterocycles. The van der Waals surface area contributed by atoms with Crippen molar-refractivity contribution in [3.8, 4) is 0 Å². The lowest BCUT2D eigenvalue weighted by atomic mass is 10.00. The van der Waals surface area contributed by atoms with Gasteiger partial charge in [-0.1, -0.05) is 0 Å². The van der Waals surface area contributed by atoms with Gasteiger partial charge in [0.25, 0.3) is 0 Å². The number of likely N-dealkylation sites (N-methyl/N-ethyl adjacent to an activating group) is 1. The van der Waals surface area contributed by atoms with Gasteiger partial charge in [0.2, 0.25) is 5.91 Å². The SMILES string of the molecule is CCOCCN(CC)C(=O)CCC(C)(C)N. The minimum absolute atomic E-state index is 0.167. The van der Waals surface area contributed by atoms with E-state index in [1.54, 1.807) is 0 Å². The first-order chi connectivity index (χ1) is 7.40. The van der Waals surface area contributed by atoms with Gasteiger partial charge in [0, 0.05) is 31.7 Å². The molecule has 16 heavy (non-hydrogen) atoms. The van der Waals surface area contributed by atoms with Crippen molar-refractivity contribution < 1.29 is 9.53 Å². The second-order valence-electron chi connectivity index (χ2n) is 4.66. The Labute approximate surface area is 99.1 Å². The molecule has 0 bridgehead atoms. The maximum absolute atomic E-state index is 11.8. The highest BCUT2D eigenvalue weighted by Crippen LogP contribution is 2.08. The van der Waals surface area contributed by atoms with Crippen molar-refractivity contribution in [2.75, 3.05) is 26.3 Å². The molecular weight excluding hydrogens is 204 g/mol. The number of amides is 1. The summed E-state index contributed by atoms with van der Waals surface area (Å²) in [4.78, 5) is 13.7. The van der Waals surface area contributed by atoms with Crippen LogP contribution in [0.1, 0.15) is 40.5 Å². The molecule has 0 rings (SSSR count). The van der Waals surface area contributed by atoms with E-state index in [1.807, 2.05) is 32.6 Å². The molecule has 0 radical (unpaired) electrons. The van der Waals surface area contributed by atoms with Crippen molar-refractivity contribution >= 4 is 5.91 Å². The Morgan fingerprint density at radius 3 is 2.44 bits per heavy atom. The number of ether oxygens (including phenoxy) is 1. The second-order valence-corrected chi connectivity index (χ2v) is 4.66. The summed E-state index contributed by atoms with van der Waals surface area (Å²) in [5.41, 5.74) is 5.58. The third-order valence-electron chi connectivity index (χ3n) is 2.43. The van der Waals surface area contributed by atoms with Gasteiger partial charge in [0.15, 0.2) is 0 Å². The molecule has 0 spiro atoms. The van der Waals surface area contributed by atoms with E-state index in [0.717, 1.165) is 13.0 Å². The second kappa shape index (κ2) is 7.63. The monoisotopic (exact) mass is 230 g/mol. The van der Waals surface area contributed by atoms with Crippen LogP contribution in [0.4, 0.5) is 0 Å². The molecule has 4 heteroatoms. The zero-order valence-electron chi connectivity index (χ0n) is 11.1. The third-order valence-corrected chi connectivity index (χ3v) is 2.43. The smallest absolute Gasteiger partial charge is 0.222 e. The van der Waals surface area contributed by atoms with Crippen LogP contribution in [0.15, 0.2) is 0 Å². The normalized spacial score (nSPS) is 11.6. The molecular formula is C12H26N2O2. The highest BCUT2D eigenvalue weighted by Gasteiger charge is 2.16. The molecule has 0 atom stereocenters. The molecule has 0 saturated carbocycles. The molecule has 1 amide bonds. The molecule has 0 aliphatic heterocycles. The Morgan fingerprint density at radius 1 is 1.38 bits per heavy atom. The van der Waals surface area contributed by atoms with Gasteiger partial charge in [0.1, 0.15) is 0 Å². The Bertz CT molecular complexity index is 200. The molecule has 96 valence electrons. The van der Waals surface area contributed by atoms with Crippen LogP contribution in [0.3, 0.4) is 0 Å². The first-order valence-electron chi connectivity index (χ1n) is 6.05. The summed E-state index contributed by atoms with van der Waals surface area (Å²) >= 11 is 0. The number of carbonyl (C=O) groups is 1. The van der Waals surface area contributed by atoms with Crippen molar-refractivity contribution in [3.05, 3.63) is 0 Å². The summed E-state index contributed by atoms with van der Waals surface area (Å²) in [6, 6.07) is 0. The minimum atomic E-state index is -0.269. The van der Waals surface area contributed by atoms with Crippen LogP contribution < -0.4 is 5.73 Å². The lowest BCUT2D eigenvalue weighted by Crippen LogP contribution is -2.37. The summed E-state index contributed by atoms with van der Waals surface area (Å²) in [6.45, 7) is 10.5. The molecule has 0 aromatic carbocycles. The molecule has 0 unspecified atom stereocenters. The minimum Gasteiger partial charge on any atom is -0.380 e. The highest BCUT2D eigenvalue weighted by molar-refractivity contribution is 5.76. The maximum Gasteiger partial charge on any atom is 0.222 e. The van der Waals surface area contributed by atoms with E-state index in [4.69, 9.17) is 10.5 Å². The van der Waals surface area contributed by atoms with E-state index in [9.17, 15) is 4.79 Å². The van der Waals surface area contributed by atoms with E-state index in [0.29, 0.717) is 26.2 Å². The fraction of sp³-hybridized carbons (Fsp3) is 0.917. The van der Waals surface area contributed by atoms with E-state index in [-0.39, 0.29) is 11.4 Å². The topological polar surface area (TPSA) is 55.6 Å². The Balaban J connectivity index is 3.91. The summed E-state index contributed by atoms with van der Waals surface area (Å²) in [5.74, 6) is 0.167. The standard InChI is InChI=1S/C12H26N2O2/c1-5-14(9-10-16-6-2)11(15)7-8-12(3,4)13/h5-10,13H2,1-4H3. The van der Waals surface area contributed by atoms with Crippen LogP contribution >= 0.6 is 0 Å². The Hall–Kier alpha value is -0.610. The number of hydrogen-bond donors (Lipinski definition) is 1. The van der Waals surface area contributed by atoms with Gasteiger partial charge in [-0.05, 0) is 34.1 Å². The van der Waals surface area contributed by atoms with Crippen LogP contribution in [0.2, 0.25) is 0 Å². The van der Waals surface area contributed by atoms with Crippen molar-refractivity contribution in [2.24, 2.45) is 5.73 Å². The first kappa shape index (κ1) is 15.4. The van der Waals surface area contributed by atoms with Gasteiger partial charge >= 0.3 is 0 Å². The summed E-state index contributed by atoms with van der Waals surface area (Å²) < 4.78 is 5.24. The highest BCUT2D eigenvalue weighted by atomic mass is 16.5. The zero-order valence-corrected chi connectivity index (χ0v) is 11.1. The molecule has 0 heterocycles. The van der Waals surface area contributed by atoms with E-state index in [2.05, 4.69) is 0 Å². The largest absolute Gasteiger partial charge is 0.380 e. The fourth-order valence-electron chi connectivity index (χ4n) is 1.37. The molecule has 4 nitrogen and oxygen atoms in total. The van der Waals surface area contributed by atoms with Crippen LogP contribution in [0.25, 0.3) is 0 Å². The van der Waals surface area contributed by atoms with E-state index < -0.39 is 0 Å². The summed E-state index contributed by atoms with van der Waals surface area (Å²) in [7, 11) is 0. The van der Waals surface area contributed by atoms with Crippen molar-refractivity contribution in [2.45, 2.75) is 46.1 Å². The molecule has 0 aliphatic carbocycles. The average molecular weight is 230 g/mol. The van der Waals surface area contributed by atoms with Gasteiger partial charge in [0.05, 0.1) is 6.61 Å². The van der Waals surface area contributed by atoms with Gasteiger partial charge in [-0.15, -0.1) is 0 Å². The number of nitrogens with two attached hydrogens (primary N) is 1. The average Bonchev–Trinajstić information content (AvgIpc) is 2.20. The lowest BCUT2D eigenvalue weighted by Gasteiger charge is -2.23. The predicted octanol–water partition coefficient (Wildman–Crippen LogP) is 1.39. The first-order valence-corrected chi connectivity index (χ1v) is 6.05. The molecule has 0 aromatic rings. The van der Waals surface area contributed by atoms with Gasteiger partial charge < -0.3 is 15.4 Å². The number of nitrogens with zero attached hydrogens (tertiary/aromatic N) is 1. The zero-order chi connectivity index (χ0) is 12.6. The molecule has 0 saturated heterocycles. The molecule has 0 fully saturated rings. The van der Waals surface area contributed by atoms with Crippen molar-refractivity contribution in [1.29, 1.82) is 0 Å². The summed E-state index contributed by atoms with van der Waals surface area (Å²) in [6.07, 6.45) is 1.24. The van der Waals surface area contributed by atoms with E-state index >= 15 is 0 Å². The van der Waals surface area contributed by atoms with Crippen molar-refractivity contribution in [3.63, 3.8) is 0 Å². The number of rotatable bonds is 8. The van der Waals surface area contributed by atoms with Crippen LogP contribution in [0, 0.1) is 0 Å². The van der Waals surface area contributed by atoms with Crippen molar-refractivity contribution in [1.82, 2.24) is 4.90 Å². The third kappa shape index (κ3) is 7.65. The summed E-state index contributed by atoms with van der Waals surface area (Å²) in [5, 5.41) is 0. The van der Waals surface area contributed by atoms with Crippen LogP contribution in [0.5, 0.6) is 0 Å². The number of hydrogen-bond acceptors (Lipinski definition) is 3. The maximum atomic E-state index is 11.8. The van der Waals surface area contributed by atoms with E-state index in [1.165, 1.54) is 0 Å². The van der Waals surface area contributed by atoms with Gasteiger partial charge in [-0.2, -0.15) is 0 Å². The quantitative estimate of drug-likeness (QED) is 0.641.